The summed E-state index contributed by atoms with van der Waals surface area (Å²) in [5.74, 6) is 0.00353. The van der Waals surface area contributed by atoms with E-state index in [4.69, 9.17) is 16.3 Å². The van der Waals surface area contributed by atoms with Gasteiger partial charge in [-0.25, -0.2) is 19.0 Å². The number of piperazine rings is 1. The predicted octanol–water partition coefficient (Wildman–Crippen LogP) is 4.01. The number of rotatable bonds is 5. The molecule has 0 N–H and O–H groups in total. The van der Waals surface area contributed by atoms with Gasteiger partial charge in [0.2, 0.25) is 5.91 Å². The van der Waals surface area contributed by atoms with Gasteiger partial charge in [-0.3, -0.25) is 4.79 Å². The van der Waals surface area contributed by atoms with Gasteiger partial charge in [-0.1, -0.05) is 11.6 Å². The summed E-state index contributed by atoms with van der Waals surface area (Å²) in [6.45, 7) is 3.79. The SMILES string of the molecule is COc1c(Cl)cc(F)c(N2CCN(C(=O)Cn3nc(-c4nccs4)c4cccnc43)CC2)c1C. The number of halogens is 2. The zero-order valence-electron chi connectivity index (χ0n) is 18.7. The average Bonchev–Trinajstić information content (AvgIpc) is 3.48. The standard InChI is InChI=1S/C23H22ClFN6O2S/c1-14-20(17(25)12-16(24)21(14)33-2)30-9-7-29(8-10-30)18(32)13-31-22-15(4-3-5-26-22)19(28-31)23-27-6-11-34-23/h3-6,11-12H,7-10,13H2,1-2H3. The number of benzene rings is 1. The third-order valence-corrected chi connectivity index (χ3v) is 7.03. The number of pyridine rings is 1. The Morgan fingerprint density at radius 1 is 1.24 bits per heavy atom. The van der Waals surface area contributed by atoms with E-state index in [-0.39, 0.29) is 17.5 Å². The maximum atomic E-state index is 14.7. The van der Waals surface area contributed by atoms with E-state index in [9.17, 15) is 9.18 Å². The number of ether oxygens (including phenoxy) is 1. The Morgan fingerprint density at radius 3 is 2.74 bits per heavy atom. The largest absolute Gasteiger partial charge is 0.495 e. The molecule has 1 aliphatic rings. The maximum Gasteiger partial charge on any atom is 0.244 e. The zero-order valence-corrected chi connectivity index (χ0v) is 20.2. The minimum absolute atomic E-state index is 0.0636. The van der Waals surface area contributed by atoms with Gasteiger partial charge in [0.25, 0.3) is 0 Å². The van der Waals surface area contributed by atoms with Crippen LogP contribution in [-0.2, 0) is 11.3 Å². The fraction of sp³-hybridized carbons (Fsp3) is 0.304. The van der Waals surface area contributed by atoms with E-state index in [0.29, 0.717) is 48.8 Å². The fourth-order valence-corrected chi connectivity index (χ4v) is 5.32. The summed E-state index contributed by atoms with van der Waals surface area (Å²) in [5, 5.41) is 8.43. The van der Waals surface area contributed by atoms with Crippen LogP contribution in [0.5, 0.6) is 5.75 Å². The molecule has 1 aliphatic heterocycles. The Labute approximate surface area is 204 Å². The molecule has 1 amide bonds. The normalized spacial score (nSPS) is 14.1. The highest BCUT2D eigenvalue weighted by Crippen LogP contribution is 2.38. The molecule has 1 fully saturated rings. The first-order chi connectivity index (χ1) is 16.5. The molecule has 11 heteroatoms. The Balaban J connectivity index is 1.32. The molecule has 0 bridgehead atoms. The van der Waals surface area contributed by atoms with Crippen molar-refractivity contribution in [3.63, 3.8) is 0 Å². The third kappa shape index (κ3) is 3.97. The van der Waals surface area contributed by atoms with Crippen molar-refractivity contribution in [3.8, 4) is 16.5 Å². The van der Waals surface area contributed by atoms with Crippen molar-refractivity contribution < 1.29 is 13.9 Å². The molecular formula is C23H22ClFN6O2S. The van der Waals surface area contributed by atoms with Crippen LogP contribution in [0.4, 0.5) is 10.1 Å². The Morgan fingerprint density at radius 2 is 2.03 bits per heavy atom. The van der Waals surface area contributed by atoms with Crippen LogP contribution >= 0.6 is 22.9 Å². The van der Waals surface area contributed by atoms with Gasteiger partial charge in [0.1, 0.15) is 28.8 Å². The molecular weight excluding hydrogens is 479 g/mol. The number of nitrogens with zero attached hydrogens (tertiary/aromatic N) is 6. The molecule has 5 rings (SSSR count). The summed E-state index contributed by atoms with van der Waals surface area (Å²) >= 11 is 7.60. The van der Waals surface area contributed by atoms with Gasteiger partial charge in [0.05, 0.1) is 17.8 Å². The van der Waals surface area contributed by atoms with E-state index in [2.05, 4.69) is 15.1 Å². The molecule has 0 spiro atoms. The first kappa shape index (κ1) is 22.5. The van der Waals surface area contributed by atoms with Gasteiger partial charge in [-0.05, 0) is 25.1 Å². The second-order valence-electron chi connectivity index (χ2n) is 7.93. The third-order valence-electron chi connectivity index (χ3n) is 5.97. The molecule has 1 aromatic carbocycles. The summed E-state index contributed by atoms with van der Waals surface area (Å²) in [5.41, 5.74) is 2.48. The first-order valence-electron chi connectivity index (χ1n) is 10.7. The lowest BCUT2D eigenvalue weighted by molar-refractivity contribution is -0.132. The average molecular weight is 501 g/mol. The molecule has 176 valence electrons. The number of carbonyl (C=O) groups excluding carboxylic acids is 1. The molecule has 3 aromatic heterocycles. The molecule has 0 unspecified atom stereocenters. The molecule has 1 saturated heterocycles. The number of hydrogen-bond donors (Lipinski definition) is 0. The summed E-state index contributed by atoms with van der Waals surface area (Å²) in [7, 11) is 1.51. The summed E-state index contributed by atoms with van der Waals surface area (Å²) in [4.78, 5) is 25.6. The smallest absolute Gasteiger partial charge is 0.244 e. The van der Waals surface area contributed by atoms with Crippen LogP contribution in [-0.4, -0.2) is 63.8 Å². The van der Waals surface area contributed by atoms with Crippen LogP contribution in [0.2, 0.25) is 5.02 Å². The van der Waals surface area contributed by atoms with E-state index in [0.717, 1.165) is 16.1 Å². The number of thiazole rings is 1. The van der Waals surface area contributed by atoms with E-state index in [1.807, 2.05) is 22.4 Å². The van der Waals surface area contributed by atoms with Crippen LogP contribution in [0.15, 0.2) is 36.0 Å². The van der Waals surface area contributed by atoms with Crippen LogP contribution in [0.25, 0.3) is 21.7 Å². The van der Waals surface area contributed by atoms with Crippen LogP contribution < -0.4 is 9.64 Å². The van der Waals surface area contributed by atoms with Gasteiger partial charge in [0, 0.05) is 54.9 Å². The van der Waals surface area contributed by atoms with Crippen LogP contribution in [0.3, 0.4) is 0 Å². The van der Waals surface area contributed by atoms with Crippen molar-refractivity contribution in [2.24, 2.45) is 0 Å². The van der Waals surface area contributed by atoms with Gasteiger partial charge in [-0.2, -0.15) is 5.10 Å². The van der Waals surface area contributed by atoms with Crippen molar-refractivity contribution in [2.75, 3.05) is 38.2 Å². The lowest BCUT2D eigenvalue weighted by Crippen LogP contribution is -2.50. The Hall–Kier alpha value is -3.24. The fourth-order valence-electron chi connectivity index (χ4n) is 4.38. The van der Waals surface area contributed by atoms with Gasteiger partial charge < -0.3 is 14.5 Å². The quantitative estimate of drug-likeness (QED) is 0.412. The van der Waals surface area contributed by atoms with Crippen molar-refractivity contribution in [1.29, 1.82) is 0 Å². The van der Waals surface area contributed by atoms with Crippen molar-refractivity contribution in [3.05, 3.63) is 52.4 Å². The molecule has 8 nitrogen and oxygen atoms in total. The van der Waals surface area contributed by atoms with Gasteiger partial charge >= 0.3 is 0 Å². The monoisotopic (exact) mass is 500 g/mol. The molecule has 0 aliphatic carbocycles. The summed E-state index contributed by atoms with van der Waals surface area (Å²) < 4.78 is 21.7. The van der Waals surface area contributed by atoms with E-state index in [1.165, 1.54) is 24.5 Å². The van der Waals surface area contributed by atoms with E-state index >= 15 is 0 Å². The molecule has 34 heavy (non-hydrogen) atoms. The summed E-state index contributed by atoms with van der Waals surface area (Å²) in [6, 6.07) is 5.05. The lowest BCUT2D eigenvalue weighted by Gasteiger charge is -2.37. The number of amides is 1. The lowest BCUT2D eigenvalue weighted by atomic mass is 10.1. The number of fused-ring (bicyclic) bond motifs is 1. The highest BCUT2D eigenvalue weighted by Gasteiger charge is 2.27. The number of hydrogen-bond acceptors (Lipinski definition) is 7. The molecule has 0 radical (unpaired) electrons. The van der Waals surface area contributed by atoms with Crippen molar-refractivity contribution in [2.45, 2.75) is 13.5 Å². The second kappa shape index (κ2) is 9.19. The van der Waals surface area contributed by atoms with Crippen molar-refractivity contribution >= 4 is 45.6 Å². The molecule has 4 aromatic rings. The molecule has 4 heterocycles. The second-order valence-corrected chi connectivity index (χ2v) is 9.23. The number of methoxy groups -OCH3 is 1. The summed E-state index contributed by atoms with van der Waals surface area (Å²) in [6.07, 6.45) is 3.42. The van der Waals surface area contributed by atoms with Gasteiger partial charge in [0.15, 0.2) is 5.65 Å². The maximum absolute atomic E-state index is 14.7. The van der Waals surface area contributed by atoms with Crippen LogP contribution in [0, 0.1) is 12.7 Å². The van der Waals surface area contributed by atoms with Crippen molar-refractivity contribution in [1.82, 2.24) is 24.6 Å². The zero-order chi connectivity index (χ0) is 23.8. The highest BCUT2D eigenvalue weighted by molar-refractivity contribution is 7.13. The predicted molar refractivity (Wildman–Crippen MR) is 130 cm³/mol. The highest BCUT2D eigenvalue weighted by atomic mass is 35.5. The van der Waals surface area contributed by atoms with Crippen LogP contribution in [0.1, 0.15) is 5.56 Å². The number of aromatic nitrogens is 4. The van der Waals surface area contributed by atoms with E-state index in [1.54, 1.807) is 28.9 Å². The minimum atomic E-state index is -0.396. The number of anilines is 1. The topological polar surface area (TPSA) is 76.4 Å². The van der Waals surface area contributed by atoms with Gasteiger partial charge in [-0.15, -0.1) is 11.3 Å². The Bertz CT molecular complexity index is 1350. The first-order valence-corrected chi connectivity index (χ1v) is 12.0. The molecule has 0 atom stereocenters. The Kier molecular flexibility index (Phi) is 6.09. The minimum Gasteiger partial charge on any atom is -0.495 e. The molecule has 0 saturated carbocycles. The van der Waals surface area contributed by atoms with E-state index < -0.39 is 5.82 Å². The number of carbonyl (C=O) groups is 1.